The quantitative estimate of drug-likeness (QED) is 0.168. The van der Waals surface area contributed by atoms with Gasteiger partial charge in [0.05, 0.1) is 23.6 Å². The maximum absolute atomic E-state index is 13.7. The Morgan fingerprint density at radius 2 is 1.71 bits per heavy atom. The Morgan fingerprint density at radius 3 is 2.37 bits per heavy atom. The number of anilines is 2. The lowest BCUT2D eigenvalue weighted by molar-refractivity contribution is 0.0827. The molecule has 3 aromatic carbocycles. The molecule has 3 aromatic rings. The summed E-state index contributed by atoms with van der Waals surface area (Å²) in [7, 11) is -3.06. The Hall–Kier alpha value is -3.08. The lowest BCUT2D eigenvalue weighted by Crippen LogP contribution is -2.49. The number of hydrogen-bond donors (Lipinski definition) is 6. The molecule has 4 rings (SSSR count). The van der Waals surface area contributed by atoms with Gasteiger partial charge < -0.3 is 21.1 Å². The average Bonchev–Trinajstić information content (AvgIpc) is 2.96. The van der Waals surface area contributed by atoms with E-state index >= 15 is 0 Å². The van der Waals surface area contributed by atoms with Crippen molar-refractivity contribution in [2.24, 2.45) is 0 Å². The first-order chi connectivity index (χ1) is 19.7. The zero-order valence-electron chi connectivity index (χ0n) is 24.2. The van der Waals surface area contributed by atoms with E-state index in [0.29, 0.717) is 49.4 Å². The second kappa shape index (κ2) is 14.2. The summed E-state index contributed by atoms with van der Waals surface area (Å²) in [5.74, 6) is 0.0620. The van der Waals surface area contributed by atoms with Crippen LogP contribution in [0.3, 0.4) is 0 Å². The molecule has 1 saturated heterocycles. The van der Waals surface area contributed by atoms with Crippen LogP contribution in [0, 0.1) is 0 Å². The molecular weight excluding hydrogens is 536 g/mol. The largest absolute Gasteiger partial charge is 0.390 e. The van der Waals surface area contributed by atoms with Crippen molar-refractivity contribution in [2.45, 2.75) is 57.7 Å². The number of rotatable bonds is 12. The van der Waals surface area contributed by atoms with E-state index < -0.39 is 22.9 Å². The molecule has 1 amide bonds. The molecular formula is C32H44N4O4S. The van der Waals surface area contributed by atoms with Gasteiger partial charge in [-0.3, -0.25) is 18.2 Å². The first-order valence-electron chi connectivity index (χ1n) is 14.4. The van der Waals surface area contributed by atoms with E-state index in [2.05, 4.69) is 28.1 Å². The third-order valence-corrected chi connectivity index (χ3v) is 9.26. The fourth-order valence-corrected chi connectivity index (χ4v) is 6.87. The molecule has 0 aromatic heterocycles. The molecule has 1 heterocycles. The summed E-state index contributed by atoms with van der Waals surface area (Å²) in [6, 6.07) is 24.9. The van der Waals surface area contributed by atoms with Crippen molar-refractivity contribution in [3.63, 3.8) is 0 Å². The fourth-order valence-electron chi connectivity index (χ4n) is 5.19. The average molecular weight is 581 g/mol. The SMILES string of the molecule is CCNc1cc(C(=O)NC(Cc2ccccc2)C(O)CNC(C)C)cc(N2CC(c3ccccc3)CCS2(O)O)c1. The van der Waals surface area contributed by atoms with Gasteiger partial charge in [-0.05, 0) is 49.1 Å². The van der Waals surface area contributed by atoms with Gasteiger partial charge in [-0.1, -0.05) is 74.5 Å². The van der Waals surface area contributed by atoms with Gasteiger partial charge in [-0.2, -0.15) is 0 Å². The molecule has 0 aliphatic carbocycles. The number of aliphatic hydroxyl groups is 1. The Morgan fingerprint density at radius 1 is 1.02 bits per heavy atom. The third-order valence-electron chi connectivity index (χ3n) is 7.41. The molecule has 3 unspecified atom stereocenters. The van der Waals surface area contributed by atoms with Crippen LogP contribution in [-0.4, -0.2) is 63.7 Å². The van der Waals surface area contributed by atoms with Crippen molar-refractivity contribution >= 4 is 28.1 Å². The number of nitrogens with zero attached hydrogens (tertiary/aromatic N) is 1. The lowest BCUT2D eigenvalue weighted by atomic mass is 9.96. The van der Waals surface area contributed by atoms with Crippen LogP contribution < -0.4 is 20.3 Å². The van der Waals surface area contributed by atoms with Crippen molar-refractivity contribution in [1.29, 1.82) is 0 Å². The van der Waals surface area contributed by atoms with Crippen LogP contribution in [0.4, 0.5) is 11.4 Å². The van der Waals surface area contributed by atoms with Crippen molar-refractivity contribution in [2.75, 3.05) is 35.0 Å². The summed E-state index contributed by atoms with van der Waals surface area (Å²) in [5, 5.41) is 20.7. The van der Waals surface area contributed by atoms with Gasteiger partial charge in [-0.15, -0.1) is 10.8 Å². The molecule has 0 radical (unpaired) electrons. The number of nitrogens with one attached hydrogen (secondary N) is 3. The summed E-state index contributed by atoms with van der Waals surface area (Å²) in [6.07, 6.45) is 0.337. The topological polar surface area (TPSA) is 117 Å². The smallest absolute Gasteiger partial charge is 0.251 e. The van der Waals surface area contributed by atoms with Gasteiger partial charge >= 0.3 is 0 Å². The molecule has 3 atom stereocenters. The number of hydrogen-bond acceptors (Lipinski definition) is 7. The summed E-state index contributed by atoms with van der Waals surface area (Å²) in [6.45, 7) is 7.41. The van der Waals surface area contributed by atoms with E-state index in [1.807, 2.05) is 75.4 Å². The first kappa shape index (κ1) is 30.9. The summed E-state index contributed by atoms with van der Waals surface area (Å²) < 4.78 is 23.8. The molecule has 8 nitrogen and oxygen atoms in total. The van der Waals surface area contributed by atoms with Crippen LogP contribution in [0.25, 0.3) is 0 Å². The maximum Gasteiger partial charge on any atom is 0.251 e. The fraction of sp³-hybridized carbons (Fsp3) is 0.406. The number of benzene rings is 3. The zero-order valence-corrected chi connectivity index (χ0v) is 25.0. The predicted molar refractivity (Wildman–Crippen MR) is 170 cm³/mol. The highest BCUT2D eigenvalue weighted by atomic mass is 32.3. The minimum atomic E-state index is -3.06. The highest BCUT2D eigenvalue weighted by Gasteiger charge is 2.34. The van der Waals surface area contributed by atoms with Crippen LogP contribution in [0.1, 0.15) is 54.6 Å². The summed E-state index contributed by atoms with van der Waals surface area (Å²) >= 11 is 0. The third kappa shape index (κ3) is 8.47. The van der Waals surface area contributed by atoms with Crippen LogP contribution in [0.2, 0.25) is 0 Å². The number of carbonyl (C=O) groups excluding carboxylic acids is 1. The van der Waals surface area contributed by atoms with Crippen LogP contribution in [0.15, 0.2) is 78.9 Å². The molecule has 0 spiro atoms. The van der Waals surface area contributed by atoms with Gasteiger partial charge in [0.2, 0.25) is 0 Å². The van der Waals surface area contributed by atoms with E-state index in [4.69, 9.17) is 0 Å². The van der Waals surface area contributed by atoms with Gasteiger partial charge in [0.1, 0.15) is 0 Å². The van der Waals surface area contributed by atoms with Crippen LogP contribution >= 0.6 is 10.8 Å². The molecule has 1 aliphatic heterocycles. The van der Waals surface area contributed by atoms with Gasteiger partial charge in [0.15, 0.2) is 0 Å². The Kier molecular flexibility index (Phi) is 10.7. The molecule has 41 heavy (non-hydrogen) atoms. The first-order valence-corrected chi connectivity index (χ1v) is 16.1. The number of aliphatic hydroxyl groups excluding tert-OH is 1. The minimum absolute atomic E-state index is 0.134. The molecule has 0 bridgehead atoms. The molecule has 0 saturated carbocycles. The Labute approximate surface area is 245 Å². The number of amides is 1. The lowest BCUT2D eigenvalue weighted by Gasteiger charge is -2.50. The predicted octanol–water partition coefficient (Wildman–Crippen LogP) is 5.48. The highest BCUT2D eigenvalue weighted by molar-refractivity contribution is 8.25. The zero-order chi connectivity index (χ0) is 29.4. The van der Waals surface area contributed by atoms with Crippen molar-refractivity contribution in [3.05, 3.63) is 95.6 Å². The van der Waals surface area contributed by atoms with Gasteiger partial charge in [0, 0.05) is 42.8 Å². The number of carbonyl (C=O) groups is 1. The van der Waals surface area contributed by atoms with E-state index in [-0.39, 0.29) is 23.6 Å². The molecule has 6 N–H and O–H groups in total. The summed E-state index contributed by atoms with van der Waals surface area (Å²) in [4.78, 5) is 13.7. The molecule has 1 fully saturated rings. The van der Waals surface area contributed by atoms with Crippen LogP contribution in [-0.2, 0) is 6.42 Å². The van der Waals surface area contributed by atoms with Crippen molar-refractivity contribution in [1.82, 2.24) is 10.6 Å². The van der Waals surface area contributed by atoms with E-state index in [9.17, 15) is 19.0 Å². The van der Waals surface area contributed by atoms with Crippen LogP contribution in [0.5, 0.6) is 0 Å². The van der Waals surface area contributed by atoms with E-state index in [0.717, 1.165) is 11.1 Å². The second-order valence-electron chi connectivity index (χ2n) is 11.0. The molecule has 9 heteroatoms. The standard InChI is InChI=1S/C32H44N4O4S/c1-4-33-28-18-27(32(38)35-30(31(37)21-34-23(2)3)17-24-11-7-5-8-12-24)19-29(20-28)36-22-26(15-16-41(36,39)40)25-13-9-6-10-14-25/h5-14,18-20,23,26,30-31,33-34,37,39-40H,4,15-17,21-22H2,1-3H3,(H,35,38). The highest BCUT2D eigenvalue weighted by Crippen LogP contribution is 2.52. The van der Waals surface area contributed by atoms with E-state index in [1.165, 1.54) is 0 Å². The Bertz CT molecular complexity index is 1260. The monoisotopic (exact) mass is 580 g/mol. The van der Waals surface area contributed by atoms with E-state index in [1.54, 1.807) is 16.4 Å². The normalized spacial score (nSPS) is 18.9. The van der Waals surface area contributed by atoms with Gasteiger partial charge in [-0.25, -0.2) is 0 Å². The Balaban J connectivity index is 1.62. The van der Waals surface area contributed by atoms with Crippen molar-refractivity contribution < 1.29 is 19.0 Å². The summed E-state index contributed by atoms with van der Waals surface area (Å²) in [5.41, 5.74) is 3.85. The maximum atomic E-state index is 13.7. The van der Waals surface area contributed by atoms with Crippen molar-refractivity contribution in [3.8, 4) is 0 Å². The van der Waals surface area contributed by atoms with Gasteiger partial charge in [0.25, 0.3) is 5.91 Å². The second-order valence-corrected chi connectivity index (χ2v) is 13.1. The molecule has 1 aliphatic rings. The molecule has 222 valence electrons. The minimum Gasteiger partial charge on any atom is -0.390 e.